The van der Waals surface area contributed by atoms with E-state index in [-0.39, 0.29) is 10.8 Å². The lowest BCUT2D eigenvalue weighted by Crippen LogP contribution is -2.22. The molecule has 0 aromatic heterocycles. The largest absolute Gasteiger partial charge is 0.389 e. The summed E-state index contributed by atoms with van der Waals surface area (Å²) in [5.41, 5.74) is 7.25. The van der Waals surface area contributed by atoms with Crippen LogP contribution in [0.2, 0.25) is 0 Å². The highest BCUT2D eigenvalue weighted by Gasteiger charge is 2.09. The van der Waals surface area contributed by atoms with Gasteiger partial charge in [0.25, 0.3) is 0 Å². The number of thioether (sulfide) groups is 1. The molecular formula is C13H19FN2S2. The van der Waals surface area contributed by atoms with Crippen LogP contribution in [-0.4, -0.2) is 35.5 Å². The van der Waals surface area contributed by atoms with Gasteiger partial charge in [0.2, 0.25) is 0 Å². The topological polar surface area (TPSA) is 29.3 Å². The maximum absolute atomic E-state index is 13.2. The molecule has 0 aliphatic heterocycles. The zero-order valence-corrected chi connectivity index (χ0v) is 12.4. The molecule has 0 unspecified atom stereocenters. The van der Waals surface area contributed by atoms with E-state index >= 15 is 0 Å². The van der Waals surface area contributed by atoms with Crippen LogP contribution >= 0.6 is 24.0 Å². The van der Waals surface area contributed by atoms with Crippen molar-refractivity contribution >= 4 is 29.0 Å². The van der Waals surface area contributed by atoms with Crippen molar-refractivity contribution in [3.63, 3.8) is 0 Å². The highest BCUT2D eigenvalue weighted by molar-refractivity contribution is 7.98. The van der Waals surface area contributed by atoms with E-state index in [1.54, 1.807) is 6.07 Å². The second-order valence-electron chi connectivity index (χ2n) is 4.25. The van der Waals surface area contributed by atoms with Gasteiger partial charge in [-0.2, -0.15) is 11.8 Å². The van der Waals surface area contributed by atoms with Crippen molar-refractivity contribution < 1.29 is 4.39 Å². The molecule has 1 aromatic carbocycles. The van der Waals surface area contributed by atoms with Crippen LogP contribution in [0.5, 0.6) is 0 Å². The van der Waals surface area contributed by atoms with Gasteiger partial charge in [-0.05, 0) is 49.7 Å². The van der Waals surface area contributed by atoms with Gasteiger partial charge in [-0.1, -0.05) is 18.3 Å². The minimum absolute atomic E-state index is 0.252. The van der Waals surface area contributed by atoms with Crippen LogP contribution in [0.25, 0.3) is 0 Å². The van der Waals surface area contributed by atoms with Crippen molar-refractivity contribution in [3.8, 4) is 0 Å². The maximum Gasteiger partial charge on any atom is 0.123 e. The SMILES string of the molecule is CSCCCN(C)Cc1ccc(F)cc1C(N)=S. The normalized spacial score (nSPS) is 10.9. The lowest BCUT2D eigenvalue weighted by molar-refractivity contribution is 0.328. The zero-order valence-electron chi connectivity index (χ0n) is 10.8. The van der Waals surface area contributed by atoms with Gasteiger partial charge in [0.1, 0.15) is 10.8 Å². The van der Waals surface area contributed by atoms with Crippen molar-refractivity contribution in [2.45, 2.75) is 13.0 Å². The second-order valence-corrected chi connectivity index (χ2v) is 5.68. The minimum Gasteiger partial charge on any atom is -0.389 e. The smallest absolute Gasteiger partial charge is 0.123 e. The van der Waals surface area contributed by atoms with Crippen molar-refractivity contribution in [1.29, 1.82) is 0 Å². The number of hydrogen-bond donors (Lipinski definition) is 1. The minimum atomic E-state index is -0.299. The zero-order chi connectivity index (χ0) is 13.5. The summed E-state index contributed by atoms with van der Waals surface area (Å²) < 4.78 is 13.2. The molecule has 0 saturated heterocycles. The summed E-state index contributed by atoms with van der Waals surface area (Å²) in [4.78, 5) is 2.45. The Kier molecular flexibility index (Phi) is 6.60. The Bertz CT molecular complexity index is 410. The van der Waals surface area contributed by atoms with Crippen LogP contribution < -0.4 is 5.73 Å². The first-order valence-corrected chi connectivity index (χ1v) is 7.60. The van der Waals surface area contributed by atoms with Gasteiger partial charge < -0.3 is 10.6 Å². The molecule has 0 aliphatic rings. The summed E-state index contributed by atoms with van der Waals surface area (Å²) in [6.45, 7) is 1.75. The number of benzene rings is 1. The van der Waals surface area contributed by atoms with Crippen LogP contribution in [-0.2, 0) is 6.54 Å². The summed E-state index contributed by atoms with van der Waals surface area (Å²) in [5, 5.41) is 0. The first kappa shape index (κ1) is 15.4. The Morgan fingerprint density at radius 1 is 1.50 bits per heavy atom. The molecule has 2 nitrogen and oxygen atoms in total. The highest BCUT2D eigenvalue weighted by atomic mass is 32.2. The van der Waals surface area contributed by atoms with Crippen LogP contribution in [0, 0.1) is 5.82 Å². The molecule has 0 aliphatic carbocycles. The molecule has 0 saturated carbocycles. The van der Waals surface area contributed by atoms with Gasteiger partial charge in [-0.3, -0.25) is 0 Å². The fraction of sp³-hybridized carbons (Fsp3) is 0.462. The van der Waals surface area contributed by atoms with Crippen molar-refractivity contribution in [3.05, 3.63) is 35.1 Å². The van der Waals surface area contributed by atoms with Gasteiger partial charge in [0.15, 0.2) is 0 Å². The Morgan fingerprint density at radius 3 is 2.83 bits per heavy atom. The van der Waals surface area contributed by atoms with E-state index in [0.717, 1.165) is 30.8 Å². The third-order valence-corrected chi connectivity index (χ3v) is 3.58. The maximum atomic E-state index is 13.2. The summed E-state index contributed by atoms with van der Waals surface area (Å²) in [6, 6.07) is 4.62. The number of thiocarbonyl (C=S) groups is 1. The molecule has 1 aromatic rings. The monoisotopic (exact) mass is 286 g/mol. The molecule has 0 atom stereocenters. The Hall–Kier alpha value is -0.650. The van der Waals surface area contributed by atoms with E-state index in [9.17, 15) is 4.39 Å². The average Bonchev–Trinajstić information content (AvgIpc) is 2.31. The summed E-state index contributed by atoms with van der Waals surface area (Å²) in [7, 11) is 2.05. The molecule has 0 spiro atoms. The molecule has 0 bridgehead atoms. The lowest BCUT2D eigenvalue weighted by atomic mass is 10.1. The van der Waals surface area contributed by atoms with E-state index in [1.807, 2.05) is 18.8 Å². The number of nitrogens with two attached hydrogens (primary N) is 1. The van der Waals surface area contributed by atoms with Crippen LogP contribution in [0.1, 0.15) is 17.5 Å². The molecule has 0 fully saturated rings. The molecule has 0 heterocycles. The predicted molar refractivity (Wildman–Crippen MR) is 81.6 cm³/mol. The van der Waals surface area contributed by atoms with Gasteiger partial charge in [0.05, 0.1) is 0 Å². The fourth-order valence-electron chi connectivity index (χ4n) is 1.76. The Balaban J connectivity index is 2.68. The Labute approximate surface area is 118 Å². The van der Waals surface area contributed by atoms with E-state index < -0.39 is 0 Å². The summed E-state index contributed by atoms with van der Waals surface area (Å²) in [6.07, 6.45) is 3.24. The van der Waals surface area contributed by atoms with Crippen molar-refractivity contribution in [1.82, 2.24) is 4.90 Å². The molecule has 0 radical (unpaired) electrons. The quantitative estimate of drug-likeness (QED) is 0.616. The fourth-order valence-corrected chi connectivity index (χ4v) is 2.37. The lowest BCUT2D eigenvalue weighted by Gasteiger charge is -2.18. The average molecular weight is 286 g/mol. The van der Waals surface area contributed by atoms with E-state index in [1.165, 1.54) is 12.1 Å². The highest BCUT2D eigenvalue weighted by Crippen LogP contribution is 2.14. The third kappa shape index (κ3) is 4.92. The van der Waals surface area contributed by atoms with E-state index in [0.29, 0.717) is 5.56 Å². The first-order chi connectivity index (χ1) is 8.54. The summed E-state index contributed by atoms with van der Waals surface area (Å²) in [5.74, 6) is 0.849. The number of hydrogen-bond acceptors (Lipinski definition) is 3. The molecule has 18 heavy (non-hydrogen) atoms. The number of halogens is 1. The van der Waals surface area contributed by atoms with E-state index in [2.05, 4.69) is 11.2 Å². The Morgan fingerprint density at radius 2 is 2.22 bits per heavy atom. The van der Waals surface area contributed by atoms with Crippen LogP contribution in [0.4, 0.5) is 4.39 Å². The molecular weight excluding hydrogens is 267 g/mol. The molecule has 1 rings (SSSR count). The van der Waals surface area contributed by atoms with Crippen LogP contribution in [0.3, 0.4) is 0 Å². The molecule has 5 heteroatoms. The van der Waals surface area contributed by atoms with Crippen molar-refractivity contribution in [2.24, 2.45) is 5.73 Å². The molecule has 100 valence electrons. The summed E-state index contributed by atoms with van der Waals surface area (Å²) >= 11 is 6.80. The molecule has 2 N–H and O–H groups in total. The van der Waals surface area contributed by atoms with E-state index in [4.69, 9.17) is 18.0 Å². The second kappa shape index (κ2) is 7.71. The predicted octanol–water partition coefficient (Wildman–Crippen LogP) is 2.64. The number of rotatable bonds is 7. The van der Waals surface area contributed by atoms with Gasteiger partial charge in [0, 0.05) is 12.1 Å². The van der Waals surface area contributed by atoms with Gasteiger partial charge in [-0.15, -0.1) is 0 Å². The standard InChI is InChI=1S/C13H19FN2S2/c1-16(6-3-7-18-2)9-10-4-5-11(14)8-12(10)13(15)17/h4-5,8H,3,6-7,9H2,1-2H3,(H2,15,17). The molecule has 0 amide bonds. The van der Waals surface area contributed by atoms with Gasteiger partial charge in [-0.25, -0.2) is 4.39 Å². The van der Waals surface area contributed by atoms with Crippen LogP contribution in [0.15, 0.2) is 18.2 Å². The third-order valence-electron chi connectivity index (χ3n) is 2.67. The van der Waals surface area contributed by atoms with Crippen molar-refractivity contribution in [2.75, 3.05) is 25.6 Å². The first-order valence-electron chi connectivity index (χ1n) is 5.80. The number of nitrogens with zero attached hydrogens (tertiary/aromatic N) is 1. The van der Waals surface area contributed by atoms with Gasteiger partial charge >= 0.3 is 0 Å².